The van der Waals surface area contributed by atoms with Crippen molar-refractivity contribution in [3.63, 3.8) is 0 Å². The molecule has 1 aliphatic rings. The first-order valence-electron chi connectivity index (χ1n) is 7.33. The van der Waals surface area contributed by atoms with Crippen LogP contribution in [-0.2, 0) is 0 Å². The molecular formula is C15H31NS. The molecule has 1 N–H and O–H groups in total. The molecule has 0 saturated heterocycles. The van der Waals surface area contributed by atoms with Gasteiger partial charge in [0.25, 0.3) is 0 Å². The van der Waals surface area contributed by atoms with Crippen LogP contribution in [0.4, 0.5) is 0 Å². The average molecular weight is 257 g/mol. The van der Waals surface area contributed by atoms with Gasteiger partial charge in [0.15, 0.2) is 0 Å². The van der Waals surface area contributed by atoms with E-state index in [0.717, 1.165) is 23.8 Å². The molecule has 0 aromatic heterocycles. The molecule has 2 heteroatoms. The fourth-order valence-corrected chi connectivity index (χ4v) is 3.92. The van der Waals surface area contributed by atoms with Crippen LogP contribution in [0.5, 0.6) is 0 Å². The molecule has 1 aliphatic carbocycles. The molecule has 0 bridgehead atoms. The van der Waals surface area contributed by atoms with Gasteiger partial charge < -0.3 is 5.32 Å². The van der Waals surface area contributed by atoms with Crippen molar-refractivity contribution in [2.75, 3.05) is 12.0 Å². The van der Waals surface area contributed by atoms with Crippen LogP contribution in [0.3, 0.4) is 0 Å². The standard InChI is InChI=1S/C15H31NS/c1-6-13(10-17-5)16-15-9-12(4)7-8-14(15)11(2)3/h11-16H,6-10H2,1-5H3. The van der Waals surface area contributed by atoms with Crippen molar-refractivity contribution in [2.24, 2.45) is 17.8 Å². The summed E-state index contributed by atoms with van der Waals surface area (Å²) in [7, 11) is 0. The minimum atomic E-state index is 0.710. The molecule has 0 radical (unpaired) electrons. The first kappa shape index (κ1) is 15.4. The molecule has 0 heterocycles. The Balaban J connectivity index is 2.55. The van der Waals surface area contributed by atoms with Gasteiger partial charge in [-0.05, 0) is 43.3 Å². The maximum absolute atomic E-state index is 3.95. The first-order valence-corrected chi connectivity index (χ1v) is 8.72. The molecule has 102 valence electrons. The van der Waals surface area contributed by atoms with E-state index in [-0.39, 0.29) is 0 Å². The Hall–Kier alpha value is 0.310. The minimum Gasteiger partial charge on any atom is -0.310 e. The number of hydrogen-bond acceptors (Lipinski definition) is 2. The monoisotopic (exact) mass is 257 g/mol. The SMILES string of the molecule is CCC(CSC)NC1CC(C)CCC1C(C)C. The highest BCUT2D eigenvalue weighted by molar-refractivity contribution is 7.98. The summed E-state index contributed by atoms with van der Waals surface area (Å²) >= 11 is 1.97. The number of rotatable bonds is 6. The molecule has 0 aromatic rings. The van der Waals surface area contributed by atoms with Crippen molar-refractivity contribution in [1.82, 2.24) is 5.32 Å². The van der Waals surface area contributed by atoms with E-state index in [9.17, 15) is 0 Å². The Labute approximate surface area is 113 Å². The van der Waals surface area contributed by atoms with E-state index < -0.39 is 0 Å². The van der Waals surface area contributed by atoms with Crippen LogP contribution in [0.1, 0.15) is 53.4 Å². The minimum absolute atomic E-state index is 0.710. The van der Waals surface area contributed by atoms with Crippen molar-refractivity contribution in [3.05, 3.63) is 0 Å². The lowest BCUT2D eigenvalue weighted by atomic mass is 9.74. The van der Waals surface area contributed by atoms with Gasteiger partial charge in [-0.1, -0.05) is 34.1 Å². The predicted octanol–water partition coefficient (Wildman–Crippen LogP) is 4.18. The Morgan fingerprint density at radius 2 is 2.00 bits per heavy atom. The molecule has 0 aromatic carbocycles. The van der Waals surface area contributed by atoms with Crippen LogP contribution in [0.25, 0.3) is 0 Å². The molecule has 1 nitrogen and oxygen atoms in total. The maximum Gasteiger partial charge on any atom is 0.0158 e. The second kappa shape index (κ2) is 7.68. The normalized spacial score (nSPS) is 31.8. The van der Waals surface area contributed by atoms with Crippen molar-refractivity contribution in [3.8, 4) is 0 Å². The molecule has 4 unspecified atom stereocenters. The number of nitrogens with one attached hydrogen (secondary N) is 1. The molecule has 0 spiro atoms. The Kier molecular flexibility index (Phi) is 6.94. The van der Waals surface area contributed by atoms with E-state index in [1.807, 2.05) is 11.8 Å². The summed E-state index contributed by atoms with van der Waals surface area (Å²) in [5.41, 5.74) is 0. The molecule has 1 fully saturated rings. The summed E-state index contributed by atoms with van der Waals surface area (Å²) in [6.07, 6.45) is 7.71. The van der Waals surface area contributed by atoms with Gasteiger partial charge in [0.1, 0.15) is 0 Å². The van der Waals surface area contributed by atoms with Gasteiger partial charge in [0.05, 0.1) is 0 Å². The maximum atomic E-state index is 3.95. The van der Waals surface area contributed by atoms with Crippen LogP contribution in [-0.4, -0.2) is 24.1 Å². The lowest BCUT2D eigenvalue weighted by molar-refractivity contribution is 0.161. The van der Waals surface area contributed by atoms with Gasteiger partial charge in [0, 0.05) is 17.8 Å². The van der Waals surface area contributed by atoms with Crippen molar-refractivity contribution in [2.45, 2.75) is 65.5 Å². The molecule has 1 saturated carbocycles. The highest BCUT2D eigenvalue weighted by Gasteiger charge is 2.31. The molecule has 4 atom stereocenters. The summed E-state index contributed by atoms with van der Waals surface area (Å²) in [5, 5.41) is 3.95. The van der Waals surface area contributed by atoms with E-state index in [1.54, 1.807) is 0 Å². The van der Waals surface area contributed by atoms with E-state index >= 15 is 0 Å². The van der Waals surface area contributed by atoms with E-state index in [0.29, 0.717) is 6.04 Å². The van der Waals surface area contributed by atoms with E-state index in [1.165, 1.54) is 31.4 Å². The lowest BCUT2D eigenvalue weighted by Crippen LogP contribution is -2.48. The van der Waals surface area contributed by atoms with Crippen molar-refractivity contribution < 1.29 is 0 Å². The quantitative estimate of drug-likeness (QED) is 0.766. The van der Waals surface area contributed by atoms with Crippen LogP contribution < -0.4 is 5.32 Å². The molecule has 1 rings (SSSR count). The summed E-state index contributed by atoms with van der Waals surface area (Å²) in [6, 6.07) is 1.47. The van der Waals surface area contributed by atoms with Crippen LogP contribution in [0, 0.1) is 17.8 Å². The summed E-state index contributed by atoms with van der Waals surface area (Å²) in [4.78, 5) is 0. The Morgan fingerprint density at radius 3 is 2.53 bits per heavy atom. The van der Waals surface area contributed by atoms with Gasteiger partial charge in [-0.15, -0.1) is 0 Å². The summed E-state index contributed by atoms with van der Waals surface area (Å²) < 4.78 is 0. The third-order valence-electron chi connectivity index (χ3n) is 4.33. The van der Waals surface area contributed by atoms with Gasteiger partial charge in [-0.25, -0.2) is 0 Å². The first-order chi connectivity index (χ1) is 8.08. The van der Waals surface area contributed by atoms with Gasteiger partial charge in [0.2, 0.25) is 0 Å². The van der Waals surface area contributed by atoms with Gasteiger partial charge >= 0.3 is 0 Å². The highest BCUT2D eigenvalue weighted by Crippen LogP contribution is 2.33. The molecule has 17 heavy (non-hydrogen) atoms. The molecule has 0 amide bonds. The third kappa shape index (κ3) is 4.82. The zero-order valence-corrected chi connectivity index (χ0v) is 13.1. The third-order valence-corrected chi connectivity index (χ3v) is 5.07. The number of hydrogen-bond donors (Lipinski definition) is 1. The second-order valence-corrected chi connectivity index (χ2v) is 7.07. The smallest absolute Gasteiger partial charge is 0.0158 e. The van der Waals surface area contributed by atoms with Crippen LogP contribution in [0.2, 0.25) is 0 Å². The summed E-state index contributed by atoms with van der Waals surface area (Å²) in [5.74, 6) is 3.88. The van der Waals surface area contributed by atoms with Crippen molar-refractivity contribution >= 4 is 11.8 Å². The van der Waals surface area contributed by atoms with Crippen molar-refractivity contribution in [1.29, 1.82) is 0 Å². The van der Waals surface area contributed by atoms with E-state index in [4.69, 9.17) is 0 Å². The fraction of sp³-hybridized carbons (Fsp3) is 1.00. The van der Waals surface area contributed by atoms with Crippen LogP contribution >= 0.6 is 11.8 Å². The molecular weight excluding hydrogens is 226 g/mol. The van der Waals surface area contributed by atoms with E-state index in [2.05, 4.69) is 39.3 Å². The largest absolute Gasteiger partial charge is 0.310 e. The zero-order valence-electron chi connectivity index (χ0n) is 12.3. The number of thioether (sulfide) groups is 1. The summed E-state index contributed by atoms with van der Waals surface area (Å²) in [6.45, 7) is 9.51. The molecule has 0 aliphatic heterocycles. The van der Waals surface area contributed by atoms with Gasteiger partial charge in [-0.2, -0.15) is 11.8 Å². The Morgan fingerprint density at radius 1 is 1.29 bits per heavy atom. The van der Waals surface area contributed by atoms with Crippen LogP contribution in [0.15, 0.2) is 0 Å². The zero-order chi connectivity index (χ0) is 12.8. The Bertz CT molecular complexity index is 205. The van der Waals surface area contributed by atoms with Gasteiger partial charge in [-0.3, -0.25) is 0 Å². The lowest BCUT2D eigenvalue weighted by Gasteiger charge is -2.40. The predicted molar refractivity (Wildman–Crippen MR) is 80.7 cm³/mol. The average Bonchev–Trinajstić information content (AvgIpc) is 2.28. The highest BCUT2D eigenvalue weighted by atomic mass is 32.2. The fourth-order valence-electron chi connectivity index (χ4n) is 3.18. The second-order valence-electron chi connectivity index (χ2n) is 6.16. The topological polar surface area (TPSA) is 12.0 Å².